The molecule has 0 aliphatic carbocycles. The maximum atomic E-state index is 13.8. The highest BCUT2D eigenvalue weighted by molar-refractivity contribution is 5.28. The second-order valence-corrected chi connectivity index (χ2v) is 4.86. The average molecular weight is 294 g/mol. The molecule has 2 aromatic carbocycles. The van der Waals surface area contributed by atoms with Gasteiger partial charge in [-0.1, -0.05) is 37.3 Å². The van der Waals surface area contributed by atoms with Gasteiger partial charge in [-0.05, 0) is 30.0 Å². The van der Waals surface area contributed by atoms with E-state index in [2.05, 4.69) is 12.3 Å². The highest BCUT2D eigenvalue weighted by Crippen LogP contribution is 2.24. The van der Waals surface area contributed by atoms with Crippen molar-refractivity contribution in [3.63, 3.8) is 0 Å². The van der Waals surface area contributed by atoms with Gasteiger partial charge in [-0.15, -0.1) is 0 Å². The van der Waals surface area contributed by atoms with Gasteiger partial charge in [0.2, 0.25) is 0 Å². The Morgan fingerprint density at radius 2 is 1.57 bits per heavy atom. The Kier molecular flexibility index (Phi) is 4.98. The van der Waals surface area contributed by atoms with Crippen LogP contribution in [0.4, 0.5) is 13.2 Å². The quantitative estimate of drug-likeness (QED) is 0.504. The summed E-state index contributed by atoms with van der Waals surface area (Å²) >= 11 is 0. The van der Waals surface area contributed by atoms with E-state index < -0.39 is 23.5 Å². The van der Waals surface area contributed by atoms with Crippen LogP contribution in [0.3, 0.4) is 0 Å². The molecule has 0 spiro atoms. The van der Waals surface area contributed by atoms with E-state index >= 15 is 0 Å². The van der Waals surface area contributed by atoms with E-state index in [1.165, 1.54) is 11.6 Å². The standard InChI is InChI=1S/C16H17F3N2/c1-2-10-3-5-11(6-4-10)9-14(21-20)12-7-8-13(17)16(19)15(12)18/h3-8,14,21H,2,9,20H2,1H3. The molecule has 3 N–H and O–H groups in total. The van der Waals surface area contributed by atoms with Gasteiger partial charge in [0.15, 0.2) is 17.5 Å². The van der Waals surface area contributed by atoms with E-state index in [1.807, 2.05) is 24.3 Å². The van der Waals surface area contributed by atoms with Crippen LogP contribution in [0.15, 0.2) is 36.4 Å². The summed E-state index contributed by atoms with van der Waals surface area (Å²) in [4.78, 5) is 0. The van der Waals surface area contributed by atoms with E-state index in [0.717, 1.165) is 18.1 Å². The molecule has 1 unspecified atom stereocenters. The van der Waals surface area contributed by atoms with Gasteiger partial charge >= 0.3 is 0 Å². The molecule has 0 saturated carbocycles. The van der Waals surface area contributed by atoms with Crippen molar-refractivity contribution in [1.29, 1.82) is 0 Å². The van der Waals surface area contributed by atoms with Crippen LogP contribution < -0.4 is 11.3 Å². The number of hydrogen-bond acceptors (Lipinski definition) is 2. The summed E-state index contributed by atoms with van der Waals surface area (Å²) in [5.74, 6) is 1.54. The van der Waals surface area contributed by atoms with Gasteiger partial charge < -0.3 is 0 Å². The SMILES string of the molecule is CCc1ccc(CC(NN)c2ccc(F)c(F)c2F)cc1. The lowest BCUT2D eigenvalue weighted by atomic mass is 9.97. The molecule has 0 radical (unpaired) electrons. The van der Waals surface area contributed by atoms with Gasteiger partial charge in [0.05, 0.1) is 6.04 Å². The highest BCUT2D eigenvalue weighted by atomic mass is 19.2. The maximum Gasteiger partial charge on any atom is 0.194 e. The Morgan fingerprint density at radius 3 is 2.14 bits per heavy atom. The summed E-state index contributed by atoms with van der Waals surface area (Å²) in [6, 6.07) is 9.26. The first-order chi connectivity index (χ1) is 10.1. The lowest BCUT2D eigenvalue weighted by Crippen LogP contribution is -2.30. The summed E-state index contributed by atoms with van der Waals surface area (Å²) in [5, 5.41) is 0. The van der Waals surface area contributed by atoms with Crippen LogP contribution in [0.1, 0.15) is 29.7 Å². The molecule has 2 nitrogen and oxygen atoms in total. The van der Waals surface area contributed by atoms with Crippen molar-refractivity contribution in [3.8, 4) is 0 Å². The monoisotopic (exact) mass is 294 g/mol. The van der Waals surface area contributed by atoms with E-state index in [0.29, 0.717) is 6.42 Å². The van der Waals surface area contributed by atoms with Gasteiger partial charge in [0, 0.05) is 5.56 Å². The van der Waals surface area contributed by atoms with E-state index in [4.69, 9.17) is 5.84 Å². The Labute approximate surface area is 121 Å². The molecule has 2 rings (SSSR count). The zero-order chi connectivity index (χ0) is 15.4. The van der Waals surface area contributed by atoms with Crippen LogP contribution >= 0.6 is 0 Å². The van der Waals surface area contributed by atoms with Crippen molar-refractivity contribution in [2.45, 2.75) is 25.8 Å². The minimum atomic E-state index is -1.48. The number of hydrogen-bond donors (Lipinski definition) is 2. The van der Waals surface area contributed by atoms with Crippen molar-refractivity contribution >= 4 is 0 Å². The number of nitrogens with two attached hydrogens (primary N) is 1. The molecule has 1 atom stereocenters. The maximum absolute atomic E-state index is 13.8. The van der Waals surface area contributed by atoms with Gasteiger partial charge in [-0.2, -0.15) is 0 Å². The lowest BCUT2D eigenvalue weighted by Gasteiger charge is -2.17. The molecule has 0 aromatic heterocycles. The second kappa shape index (κ2) is 6.74. The number of aryl methyl sites for hydroxylation is 1. The van der Waals surface area contributed by atoms with Crippen LogP contribution in [0.25, 0.3) is 0 Å². The molecule has 5 heteroatoms. The third-order valence-corrected chi connectivity index (χ3v) is 3.51. The summed E-state index contributed by atoms with van der Waals surface area (Å²) in [6.07, 6.45) is 1.30. The largest absolute Gasteiger partial charge is 0.271 e. The fraction of sp³-hybridized carbons (Fsp3) is 0.250. The molecule has 0 fully saturated rings. The second-order valence-electron chi connectivity index (χ2n) is 4.86. The van der Waals surface area contributed by atoms with E-state index in [-0.39, 0.29) is 5.56 Å². The summed E-state index contributed by atoms with van der Waals surface area (Å²) < 4.78 is 40.1. The third kappa shape index (κ3) is 3.43. The Hall–Kier alpha value is -1.85. The molecule has 0 aliphatic rings. The lowest BCUT2D eigenvalue weighted by molar-refractivity contribution is 0.425. The fourth-order valence-electron chi connectivity index (χ4n) is 2.22. The number of nitrogens with one attached hydrogen (secondary N) is 1. The highest BCUT2D eigenvalue weighted by Gasteiger charge is 2.20. The number of rotatable bonds is 5. The van der Waals surface area contributed by atoms with Crippen molar-refractivity contribution in [2.24, 2.45) is 5.84 Å². The van der Waals surface area contributed by atoms with Crippen LogP contribution in [0.5, 0.6) is 0 Å². The molecule has 2 aromatic rings. The molecule has 0 heterocycles. The molecule has 0 amide bonds. The van der Waals surface area contributed by atoms with Crippen molar-refractivity contribution < 1.29 is 13.2 Å². The minimum absolute atomic E-state index is 0.0102. The third-order valence-electron chi connectivity index (χ3n) is 3.51. The fourth-order valence-corrected chi connectivity index (χ4v) is 2.22. The first-order valence-electron chi connectivity index (χ1n) is 6.74. The summed E-state index contributed by atoms with van der Waals surface area (Å²) in [6.45, 7) is 2.05. The van der Waals surface area contributed by atoms with Crippen LogP contribution in [0, 0.1) is 17.5 Å². The number of hydrazine groups is 1. The predicted octanol–water partition coefficient (Wildman–Crippen LogP) is 3.41. The van der Waals surface area contributed by atoms with Crippen LogP contribution in [-0.4, -0.2) is 0 Å². The van der Waals surface area contributed by atoms with Gasteiger partial charge in [0.1, 0.15) is 0 Å². The summed E-state index contributed by atoms with van der Waals surface area (Å²) in [5.41, 5.74) is 4.58. The number of halogens is 3. The zero-order valence-electron chi connectivity index (χ0n) is 11.7. The van der Waals surface area contributed by atoms with E-state index in [9.17, 15) is 13.2 Å². The molecule has 0 bridgehead atoms. The molecular formula is C16H17F3N2. The van der Waals surface area contributed by atoms with Gasteiger partial charge in [-0.25, -0.2) is 13.2 Å². The van der Waals surface area contributed by atoms with Crippen LogP contribution in [-0.2, 0) is 12.8 Å². The van der Waals surface area contributed by atoms with E-state index in [1.54, 1.807) is 0 Å². The molecule has 21 heavy (non-hydrogen) atoms. The molecular weight excluding hydrogens is 277 g/mol. The zero-order valence-corrected chi connectivity index (χ0v) is 11.7. The number of benzene rings is 2. The van der Waals surface area contributed by atoms with Crippen LogP contribution in [0.2, 0.25) is 0 Å². The first kappa shape index (κ1) is 15.5. The van der Waals surface area contributed by atoms with Gasteiger partial charge in [-0.3, -0.25) is 11.3 Å². The van der Waals surface area contributed by atoms with Gasteiger partial charge in [0.25, 0.3) is 0 Å². The normalized spacial score (nSPS) is 12.4. The van der Waals surface area contributed by atoms with Crippen molar-refractivity contribution in [2.75, 3.05) is 0 Å². The van der Waals surface area contributed by atoms with Crippen molar-refractivity contribution in [1.82, 2.24) is 5.43 Å². The Bertz CT molecular complexity index is 612. The smallest absolute Gasteiger partial charge is 0.194 e. The molecule has 0 aliphatic heterocycles. The molecule has 112 valence electrons. The minimum Gasteiger partial charge on any atom is -0.271 e. The topological polar surface area (TPSA) is 38.0 Å². The Balaban J connectivity index is 2.25. The average Bonchev–Trinajstić information content (AvgIpc) is 2.51. The summed E-state index contributed by atoms with van der Waals surface area (Å²) in [7, 11) is 0. The van der Waals surface area contributed by atoms with Crippen molar-refractivity contribution in [3.05, 3.63) is 70.5 Å². The predicted molar refractivity (Wildman–Crippen MR) is 75.9 cm³/mol. The first-order valence-corrected chi connectivity index (χ1v) is 6.74. The Morgan fingerprint density at radius 1 is 0.952 bits per heavy atom. The molecule has 0 saturated heterocycles.